The summed E-state index contributed by atoms with van der Waals surface area (Å²) in [4.78, 5) is 24.5. The zero-order valence-corrected chi connectivity index (χ0v) is 11.1. The van der Waals surface area contributed by atoms with Gasteiger partial charge >= 0.3 is 5.97 Å². The number of carbonyl (C=O) groups excluding carboxylic acids is 1. The molecule has 106 valence electrons. The van der Waals surface area contributed by atoms with E-state index in [1.165, 1.54) is 29.2 Å². The van der Waals surface area contributed by atoms with Crippen LogP contribution in [0.5, 0.6) is 0 Å². The van der Waals surface area contributed by atoms with Gasteiger partial charge in [0, 0.05) is 19.2 Å². The number of hydrogen-bond acceptors (Lipinski definition) is 2. The van der Waals surface area contributed by atoms with Gasteiger partial charge in [-0.15, -0.1) is 0 Å². The van der Waals surface area contributed by atoms with Gasteiger partial charge in [-0.25, -0.2) is 4.39 Å². The summed E-state index contributed by atoms with van der Waals surface area (Å²) in [5, 5.41) is 9.02. The number of rotatable bonds is 3. The fraction of sp³-hybridized carbons (Fsp3) is 0.333. The number of nitrogens with zero attached hydrogens (tertiary/aromatic N) is 1. The van der Waals surface area contributed by atoms with E-state index < -0.39 is 11.9 Å². The lowest BCUT2D eigenvalue weighted by Gasteiger charge is -2.12. The molecule has 2 rings (SSSR count). The van der Waals surface area contributed by atoms with Gasteiger partial charge in [0.25, 0.3) is 0 Å². The molecular weight excluding hydrogens is 261 g/mol. The van der Waals surface area contributed by atoms with Crippen molar-refractivity contribution in [2.24, 2.45) is 11.8 Å². The second kappa shape index (κ2) is 5.86. The summed E-state index contributed by atoms with van der Waals surface area (Å²) in [5.41, 5.74) is 0.598. The van der Waals surface area contributed by atoms with E-state index in [2.05, 4.69) is 0 Å². The molecule has 2 unspecified atom stereocenters. The lowest BCUT2D eigenvalue weighted by atomic mass is 9.99. The largest absolute Gasteiger partial charge is 0.481 e. The minimum absolute atomic E-state index is 0.0565. The summed E-state index contributed by atoms with van der Waals surface area (Å²) >= 11 is 0. The third-order valence-electron chi connectivity index (χ3n) is 3.51. The molecule has 1 N–H and O–H groups in total. The Bertz CT molecular complexity index is 556. The number of carboxylic acids is 1. The standard InChI is InChI=1S/C15H16FNO3/c1-10-8-17(9-13(10)15(19)20)14(18)6-5-11-3-2-4-12(16)7-11/h2-7,10,13H,8-9H2,1H3,(H,19,20). The van der Waals surface area contributed by atoms with Crippen molar-refractivity contribution in [2.75, 3.05) is 13.1 Å². The van der Waals surface area contributed by atoms with E-state index in [0.29, 0.717) is 12.1 Å². The molecule has 1 saturated heterocycles. The van der Waals surface area contributed by atoms with Crippen molar-refractivity contribution in [1.29, 1.82) is 0 Å². The zero-order valence-electron chi connectivity index (χ0n) is 11.1. The maximum Gasteiger partial charge on any atom is 0.308 e. The van der Waals surface area contributed by atoms with Crippen LogP contribution in [0.25, 0.3) is 6.08 Å². The molecule has 1 aliphatic heterocycles. The quantitative estimate of drug-likeness (QED) is 0.860. The molecular formula is C15H16FNO3. The third kappa shape index (κ3) is 3.23. The Hall–Kier alpha value is -2.17. The number of carbonyl (C=O) groups is 2. The topological polar surface area (TPSA) is 57.6 Å². The Labute approximate surface area is 116 Å². The van der Waals surface area contributed by atoms with Crippen LogP contribution in [0.15, 0.2) is 30.3 Å². The van der Waals surface area contributed by atoms with Crippen molar-refractivity contribution < 1.29 is 19.1 Å². The van der Waals surface area contributed by atoms with Gasteiger partial charge in [-0.2, -0.15) is 0 Å². The lowest BCUT2D eigenvalue weighted by molar-refractivity contribution is -0.142. The fourth-order valence-electron chi connectivity index (χ4n) is 2.35. The van der Waals surface area contributed by atoms with Crippen LogP contribution in [0, 0.1) is 17.7 Å². The number of amides is 1. The molecule has 1 aromatic rings. The Morgan fingerprint density at radius 1 is 1.40 bits per heavy atom. The molecule has 1 fully saturated rings. The third-order valence-corrected chi connectivity index (χ3v) is 3.51. The molecule has 1 amide bonds. The van der Waals surface area contributed by atoms with Gasteiger partial charge in [-0.1, -0.05) is 19.1 Å². The number of benzene rings is 1. The van der Waals surface area contributed by atoms with E-state index in [4.69, 9.17) is 5.11 Å². The smallest absolute Gasteiger partial charge is 0.308 e. The zero-order chi connectivity index (χ0) is 14.7. The monoisotopic (exact) mass is 277 g/mol. The molecule has 2 atom stereocenters. The summed E-state index contributed by atoms with van der Waals surface area (Å²) in [6.45, 7) is 2.48. The van der Waals surface area contributed by atoms with Crippen LogP contribution in [-0.4, -0.2) is 35.0 Å². The van der Waals surface area contributed by atoms with Crippen LogP contribution in [0.4, 0.5) is 4.39 Å². The number of aliphatic carboxylic acids is 1. The molecule has 1 heterocycles. The van der Waals surface area contributed by atoms with Crippen molar-refractivity contribution >= 4 is 18.0 Å². The summed E-state index contributed by atoms with van der Waals surface area (Å²) in [7, 11) is 0. The summed E-state index contributed by atoms with van der Waals surface area (Å²) in [6, 6.07) is 5.92. The van der Waals surface area contributed by atoms with Gasteiger partial charge < -0.3 is 10.0 Å². The second-order valence-electron chi connectivity index (χ2n) is 5.05. The van der Waals surface area contributed by atoms with Crippen molar-refractivity contribution in [2.45, 2.75) is 6.92 Å². The van der Waals surface area contributed by atoms with Crippen LogP contribution in [-0.2, 0) is 9.59 Å². The Kier molecular flexibility index (Phi) is 4.17. The van der Waals surface area contributed by atoms with Crippen molar-refractivity contribution in [3.8, 4) is 0 Å². The van der Waals surface area contributed by atoms with Gasteiger partial charge in [0.2, 0.25) is 5.91 Å². The van der Waals surface area contributed by atoms with E-state index in [1.807, 2.05) is 6.92 Å². The normalized spacial score (nSPS) is 22.4. The summed E-state index contributed by atoms with van der Waals surface area (Å²) < 4.78 is 13.0. The fourth-order valence-corrected chi connectivity index (χ4v) is 2.35. The van der Waals surface area contributed by atoms with Gasteiger partial charge in [0.15, 0.2) is 0 Å². The van der Waals surface area contributed by atoms with Crippen LogP contribution in [0.3, 0.4) is 0 Å². The van der Waals surface area contributed by atoms with Gasteiger partial charge in [0.05, 0.1) is 5.92 Å². The summed E-state index contributed by atoms with van der Waals surface area (Å²) in [6.07, 6.45) is 2.88. The number of carboxylic acid groups (broad SMARTS) is 1. The molecule has 1 aliphatic rings. The van der Waals surface area contributed by atoms with Gasteiger partial charge in [-0.05, 0) is 29.7 Å². The Morgan fingerprint density at radius 2 is 2.15 bits per heavy atom. The molecule has 0 saturated carbocycles. The molecule has 1 aromatic carbocycles. The SMILES string of the molecule is CC1CN(C(=O)C=Cc2cccc(F)c2)CC1C(=O)O. The van der Waals surface area contributed by atoms with E-state index in [9.17, 15) is 14.0 Å². The highest BCUT2D eigenvalue weighted by atomic mass is 19.1. The van der Waals surface area contributed by atoms with Crippen LogP contribution in [0.1, 0.15) is 12.5 Å². The second-order valence-corrected chi connectivity index (χ2v) is 5.05. The maximum absolute atomic E-state index is 13.0. The average molecular weight is 277 g/mol. The van der Waals surface area contributed by atoms with E-state index >= 15 is 0 Å². The predicted octanol–water partition coefficient (Wildman–Crippen LogP) is 2.02. The van der Waals surface area contributed by atoms with Crippen LogP contribution >= 0.6 is 0 Å². The molecule has 0 aliphatic carbocycles. The minimum Gasteiger partial charge on any atom is -0.481 e. The predicted molar refractivity (Wildman–Crippen MR) is 72.3 cm³/mol. The van der Waals surface area contributed by atoms with Crippen LogP contribution < -0.4 is 0 Å². The van der Waals surface area contributed by atoms with Crippen LogP contribution in [0.2, 0.25) is 0 Å². The number of hydrogen-bond donors (Lipinski definition) is 1. The highest BCUT2D eigenvalue weighted by Gasteiger charge is 2.36. The van der Waals surface area contributed by atoms with Gasteiger partial charge in [-0.3, -0.25) is 9.59 Å². The molecule has 20 heavy (non-hydrogen) atoms. The first-order valence-corrected chi connectivity index (χ1v) is 6.42. The average Bonchev–Trinajstić information content (AvgIpc) is 2.78. The molecule has 0 radical (unpaired) electrons. The molecule has 0 bridgehead atoms. The minimum atomic E-state index is -0.873. The first-order chi connectivity index (χ1) is 9.47. The van der Waals surface area contributed by atoms with Crippen molar-refractivity contribution in [1.82, 2.24) is 4.90 Å². The highest BCUT2D eigenvalue weighted by Crippen LogP contribution is 2.23. The molecule has 0 aromatic heterocycles. The Morgan fingerprint density at radius 3 is 2.75 bits per heavy atom. The number of halogens is 1. The summed E-state index contributed by atoms with van der Waals surface area (Å²) in [5.74, 6) is -2.05. The maximum atomic E-state index is 13.0. The van der Waals surface area contributed by atoms with Gasteiger partial charge in [0.1, 0.15) is 5.82 Å². The van der Waals surface area contributed by atoms with E-state index in [1.54, 1.807) is 12.1 Å². The van der Waals surface area contributed by atoms with Crippen molar-refractivity contribution in [3.63, 3.8) is 0 Å². The number of likely N-dealkylation sites (tertiary alicyclic amines) is 1. The Balaban J connectivity index is 2.01. The highest BCUT2D eigenvalue weighted by molar-refractivity contribution is 5.92. The molecule has 5 heteroatoms. The first-order valence-electron chi connectivity index (χ1n) is 6.42. The van der Waals surface area contributed by atoms with E-state index in [-0.39, 0.29) is 24.2 Å². The first kappa shape index (κ1) is 14.2. The lowest BCUT2D eigenvalue weighted by Crippen LogP contribution is -2.28. The van der Waals surface area contributed by atoms with Crippen molar-refractivity contribution in [3.05, 3.63) is 41.7 Å². The molecule has 4 nitrogen and oxygen atoms in total. The molecule has 0 spiro atoms. The van der Waals surface area contributed by atoms with E-state index in [0.717, 1.165) is 0 Å².